The lowest BCUT2D eigenvalue weighted by Gasteiger charge is -2.13. The maximum atomic E-state index is 11.9. The summed E-state index contributed by atoms with van der Waals surface area (Å²) in [5.41, 5.74) is 7.06. The van der Waals surface area contributed by atoms with E-state index in [1.54, 1.807) is 11.6 Å². The Morgan fingerprint density at radius 3 is 3.00 bits per heavy atom. The fourth-order valence-electron chi connectivity index (χ4n) is 1.71. The lowest BCUT2D eigenvalue weighted by atomic mass is 10.2. The summed E-state index contributed by atoms with van der Waals surface area (Å²) in [6.45, 7) is 4.24. The number of amides is 1. The largest absolute Gasteiger partial charge is 0.475 e. The maximum Gasteiger partial charge on any atom is 0.226 e. The molecule has 2 heterocycles. The molecular formula is C14H18N4O2S. The van der Waals surface area contributed by atoms with Crippen molar-refractivity contribution in [2.75, 3.05) is 5.73 Å². The number of aromatic nitrogens is 2. The van der Waals surface area contributed by atoms with Gasteiger partial charge < -0.3 is 15.8 Å². The Hall–Kier alpha value is -2.15. The fourth-order valence-corrected chi connectivity index (χ4v) is 2.28. The molecule has 0 aliphatic heterocycles. The van der Waals surface area contributed by atoms with Crippen molar-refractivity contribution in [3.63, 3.8) is 0 Å². The Morgan fingerprint density at radius 2 is 2.33 bits per heavy atom. The van der Waals surface area contributed by atoms with Gasteiger partial charge in [-0.2, -0.15) is 0 Å². The third-order valence-corrected chi connectivity index (χ3v) is 3.31. The third-order valence-electron chi connectivity index (χ3n) is 2.58. The highest BCUT2D eigenvalue weighted by Gasteiger charge is 2.10. The van der Waals surface area contributed by atoms with Gasteiger partial charge in [0.2, 0.25) is 11.8 Å². The molecular weight excluding hydrogens is 288 g/mol. The number of hydrogen-bond donors (Lipinski definition) is 2. The Balaban J connectivity index is 1.92. The second kappa shape index (κ2) is 7.03. The lowest BCUT2D eigenvalue weighted by molar-refractivity contribution is -0.120. The van der Waals surface area contributed by atoms with E-state index < -0.39 is 0 Å². The van der Waals surface area contributed by atoms with Crippen molar-refractivity contribution in [3.8, 4) is 5.88 Å². The molecule has 6 nitrogen and oxygen atoms in total. The minimum Gasteiger partial charge on any atom is -0.475 e. The second-order valence-electron chi connectivity index (χ2n) is 4.76. The molecule has 0 aliphatic rings. The van der Waals surface area contributed by atoms with Gasteiger partial charge in [0.15, 0.2) is 5.13 Å². The van der Waals surface area contributed by atoms with E-state index in [0.29, 0.717) is 23.3 Å². The van der Waals surface area contributed by atoms with Gasteiger partial charge in [0, 0.05) is 23.7 Å². The smallest absolute Gasteiger partial charge is 0.226 e. The van der Waals surface area contributed by atoms with Crippen LogP contribution in [-0.4, -0.2) is 22.0 Å². The molecule has 21 heavy (non-hydrogen) atoms. The van der Waals surface area contributed by atoms with E-state index in [4.69, 9.17) is 10.5 Å². The zero-order valence-electron chi connectivity index (χ0n) is 12.0. The number of nitrogens with one attached hydrogen (secondary N) is 1. The molecule has 0 aromatic carbocycles. The summed E-state index contributed by atoms with van der Waals surface area (Å²) in [5, 5.41) is 5.09. The molecule has 0 bridgehead atoms. The maximum absolute atomic E-state index is 11.9. The molecule has 0 saturated carbocycles. The van der Waals surface area contributed by atoms with Crippen molar-refractivity contribution in [2.45, 2.75) is 32.9 Å². The lowest BCUT2D eigenvalue weighted by Crippen LogP contribution is -2.25. The Kier molecular flexibility index (Phi) is 5.10. The Morgan fingerprint density at radius 1 is 1.52 bits per heavy atom. The first-order valence-corrected chi connectivity index (χ1v) is 7.49. The molecule has 0 radical (unpaired) electrons. The van der Waals surface area contributed by atoms with Gasteiger partial charge in [0.1, 0.15) is 0 Å². The molecule has 0 saturated heterocycles. The van der Waals surface area contributed by atoms with Crippen molar-refractivity contribution in [1.82, 2.24) is 15.3 Å². The van der Waals surface area contributed by atoms with E-state index in [-0.39, 0.29) is 18.4 Å². The fraction of sp³-hybridized carbons (Fsp3) is 0.357. The van der Waals surface area contributed by atoms with Gasteiger partial charge in [0.25, 0.3) is 0 Å². The summed E-state index contributed by atoms with van der Waals surface area (Å²) in [6, 6.07) is 3.70. The molecule has 0 spiro atoms. The number of carbonyl (C=O) groups excluding carboxylic acids is 1. The molecule has 1 amide bonds. The first-order valence-electron chi connectivity index (χ1n) is 6.61. The van der Waals surface area contributed by atoms with E-state index >= 15 is 0 Å². The number of rotatable bonds is 6. The Bertz CT molecular complexity index is 613. The molecule has 2 aromatic rings. The van der Waals surface area contributed by atoms with Crippen LogP contribution in [0, 0.1) is 0 Å². The van der Waals surface area contributed by atoms with E-state index in [2.05, 4.69) is 15.3 Å². The van der Waals surface area contributed by atoms with Crippen LogP contribution in [0.3, 0.4) is 0 Å². The van der Waals surface area contributed by atoms with Gasteiger partial charge >= 0.3 is 0 Å². The quantitative estimate of drug-likeness (QED) is 0.849. The molecule has 0 atom stereocenters. The third kappa shape index (κ3) is 4.71. The van der Waals surface area contributed by atoms with Gasteiger partial charge in [-0.1, -0.05) is 6.07 Å². The number of hydrogen-bond acceptors (Lipinski definition) is 6. The number of carbonyl (C=O) groups is 1. The van der Waals surface area contributed by atoms with Crippen LogP contribution in [0.4, 0.5) is 5.13 Å². The number of nitrogens with zero attached hydrogens (tertiary/aromatic N) is 2. The average molecular weight is 306 g/mol. The van der Waals surface area contributed by atoms with Crippen LogP contribution in [0.25, 0.3) is 0 Å². The standard InChI is InChI=1S/C14H18N4O2S/c1-9(2)20-13-10(4-3-5-16-13)7-17-12(19)6-11-8-21-14(15)18-11/h3-5,8-9H,6-7H2,1-2H3,(H2,15,18)(H,17,19). The highest BCUT2D eigenvalue weighted by molar-refractivity contribution is 7.13. The first kappa shape index (κ1) is 15.2. The number of thiazole rings is 1. The van der Waals surface area contributed by atoms with Crippen molar-refractivity contribution in [3.05, 3.63) is 35.0 Å². The topological polar surface area (TPSA) is 90.1 Å². The van der Waals surface area contributed by atoms with Gasteiger partial charge in [-0.25, -0.2) is 9.97 Å². The van der Waals surface area contributed by atoms with Crippen LogP contribution in [-0.2, 0) is 17.8 Å². The SMILES string of the molecule is CC(C)Oc1ncccc1CNC(=O)Cc1csc(N)n1. The van der Waals surface area contributed by atoms with Gasteiger partial charge in [0.05, 0.1) is 18.2 Å². The molecule has 2 aromatic heterocycles. The molecule has 0 unspecified atom stereocenters. The van der Waals surface area contributed by atoms with E-state index in [9.17, 15) is 4.79 Å². The molecule has 112 valence electrons. The van der Waals surface area contributed by atoms with Crippen LogP contribution in [0.2, 0.25) is 0 Å². The zero-order chi connectivity index (χ0) is 15.2. The first-order chi connectivity index (χ1) is 10.0. The van der Waals surface area contributed by atoms with Crippen LogP contribution in [0.15, 0.2) is 23.7 Å². The monoisotopic (exact) mass is 306 g/mol. The highest BCUT2D eigenvalue weighted by atomic mass is 32.1. The zero-order valence-corrected chi connectivity index (χ0v) is 12.8. The molecule has 3 N–H and O–H groups in total. The number of nitrogens with two attached hydrogens (primary N) is 1. The second-order valence-corrected chi connectivity index (χ2v) is 5.65. The summed E-state index contributed by atoms with van der Waals surface area (Å²) >= 11 is 1.33. The van der Waals surface area contributed by atoms with Gasteiger partial charge in [-0.3, -0.25) is 4.79 Å². The van der Waals surface area contributed by atoms with E-state index in [0.717, 1.165) is 5.56 Å². The summed E-state index contributed by atoms with van der Waals surface area (Å²) in [6.07, 6.45) is 1.92. The predicted molar refractivity (Wildman–Crippen MR) is 82.1 cm³/mol. The van der Waals surface area contributed by atoms with E-state index in [1.165, 1.54) is 11.3 Å². The van der Waals surface area contributed by atoms with Crippen LogP contribution in [0.1, 0.15) is 25.1 Å². The number of pyridine rings is 1. The molecule has 7 heteroatoms. The summed E-state index contributed by atoms with van der Waals surface area (Å²) in [5.74, 6) is 0.436. The average Bonchev–Trinajstić information content (AvgIpc) is 2.82. The Labute approximate surface area is 127 Å². The predicted octanol–water partition coefficient (Wildman–Crippen LogP) is 1.77. The highest BCUT2D eigenvalue weighted by Crippen LogP contribution is 2.16. The number of nitrogen functional groups attached to an aromatic ring is 1. The van der Waals surface area contributed by atoms with Gasteiger partial charge in [-0.05, 0) is 19.9 Å². The molecule has 2 rings (SSSR count). The molecule has 0 fully saturated rings. The van der Waals surface area contributed by atoms with Crippen molar-refractivity contribution in [2.24, 2.45) is 0 Å². The van der Waals surface area contributed by atoms with Crippen molar-refractivity contribution in [1.29, 1.82) is 0 Å². The minimum atomic E-state index is -0.111. The normalized spacial score (nSPS) is 10.6. The summed E-state index contributed by atoms with van der Waals surface area (Å²) in [4.78, 5) is 20.1. The summed E-state index contributed by atoms with van der Waals surface area (Å²) in [7, 11) is 0. The number of ether oxygens (including phenoxy) is 1. The number of anilines is 1. The van der Waals surface area contributed by atoms with Crippen LogP contribution < -0.4 is 15.8 Å². The molecule has 0 aliphatic carbocycles. The summed E-state index contributed by atoms with van der Waals surface area (Å²) < 4.78 is 5.61. The van der Waals surface area contributed by atoms with Crippen LogP contribution >= 0.6 is 11.3 Å². The van der Waals surface area contributed by atoms with Crippen molar-refractivity contribution < 1.29 is 9.53 Å². The van der Waals surface area contributed by atoms with Crippen molar-refractivity contribution >= 4 is 22.4 Å². The van der Waals surface area contributed by atoms with Crippen LogP contribution in [0.5, 0.6) is 5.88 Å². The van der Waals surface area contributed by atoms with Gasteiger partial charge in [-0.15, -0.1) is 11.3 Å². The minimum absolute atomic E-state index is 0.0346. The van der Waals surface area contributed by atoms with E-state index in [1.807, 2.05) is 26.0 Å².